The van der Waals surface area contributed by atoms with E-state index in [1.165, 1.54) is 6.92 Å². The van der Waals surface area contributed by atoms with Gasteiger partial charge in [-0.15, -0.1) is 0 Å². The van der Waals surface area contributed by atoms with Gasteiger partial charge in [0, 0.05) is 18.1 Å². The molecule has 1 N–H and O–H groups in total. The highest BCUT2D eigenvalue weighted by atomic mass is 32.1. The molecule has 0 saturated carbocycles. The fourth-order valence-electron chi connectivity index (χ4n) is 3.61. The maximum absolute atomic E-state index is 12.8. The van der Waals surface area contributed by atoms with Crippen molar-refractivity contribution in [1.29, 1.82) is 0 Å². The van der Waals surface area contributed by atoms with E-state index in [9.17, 15) is 19.7 Å². The predicted molar refractivity (Wildman–Crippen MR) is 129 cm³/mol. The second-order valence-corrected chi connectivity index (χ2v) is 8.70. The van der Waals surface area contributed by atoms with Crippen LogP contribution in [0.25, 0.3) is 11.3 Å². The van der Waals surface area contributed by atoms with Crippen molar-refractivity contribution in [2.75, 3.05) is 5.32 Å². The van der Waals surface area contributed by atoms with Gasteiger partial charge in [-0.1, -0.05) is 53.8 Å². The van der Waals surface area contributed by atoms with Crippen LogP contribution in [0, 0.1) is 24.0 Å². The minimum atomic E-state index is -0.430. The van der Waals surface area contributed by atoms with E-state index in [4.69, 9.17) is 0 Å². The standard InChI is InChI=1S/C24H21N5O4S/c1-14-21(29(32)33)15(2)28(27-14)13-17-9-11-19(12-10-17)23(31)26-24-25-20(22(34-24)16(3)30)18-7-5-4-6-8-18/h4-12H,13H2,1-3H3,(H,25,26,31). The molecule has 0 fully saturated rings. The van der Waals surface area contributed by atoms with Crippen LogP contribution in [-0.4, -0.2) is 31.4 Å². The molecule has 0 aliphatic rings. The Morgan fingerprint density at radius 3 is 2.35 bits per heavy atom. The number of aryl methyl sites for hydroxylation is 1. The first-order valence-corrected chi connectivity index (χ1v) is 11.2. The SMILES string of the molecule is CC(=O)c1sc(NC(=O)c2ccc(Cn3nc(C)c([N+](=O)[O-])c3C)cc2)nc1-c1ccccc1. The third kappa shape index (κ3) is 4.62. The number of rotatable bonds is 7. The van der Waals surface area contributed by atoms with Crippen LogP contribution in [-0.2, 0) is 6.54 Å². The quantitative estimate of drug-likeness (QED) is 0.227. The fourth-order valence-corrected chi connectivity index (χ4v) is 4.49. The minimum Gasteiger partial charge on any atom is -0.298 e. The molecular weight excluding hydrogens is 454 g/mol. The summed E-state index contributed by atoms with van der Waals surface area (Å²) >= 11 is 1.14. The van der Waals surface area contributed by atoms with Gasteiger partial charge in [-0.05, 0) is 31.5 Å². The molecule has 34 heavy (non-hydrogen) atoms. The highest BCUT2D eigenvalue weighted by Gasteiger charge is 2.22. The van der Waals surface area contributed by atoms with Crippen molar-refractivity contribution in [2.24, 2.45) is 0 Å². The van der Waals surface area contributed by atoms with Gasteiger partial charge in [0.15, 0.2) is 10.9 Å². The van der Waals surface area contributed by atoms with Crippen LogP contribution in [0.2, 0.25) is 0 Å². The van der Waals surface area contributed by atoms with E-state index in [0.29, 0.717) is 39.2 Å². The lowest BCUT2D eigenvalue weighted by molar-refractivity contribution is -0.386. The second kappa shape index (κ2) is 9.36. The Balaban J connectivity index is 1.50. The molecule has 2 aromatic carbocycles. The lowest BCUT2D eigenvalue weighted by atomic mass is 10.1. The van der Waals surface area contributed by atoms with Gasteiger partial charge >= 0.3 is 5.69 Å². The van der Waals surface area contributed by atoms with Crippen molar-refractivity contribution < 1.29 is 14.5 Å². The van der Waals surface area contributed by atoms with E-state index in [2.05, 4.69) is 15.4 Å². The normalized spacial score (nSPS) is 10.8. The number of hydrogen-bond donors (Lipinski definition) is 1. The average Bonchev–Trinajstić information content (AvgIpc) is 3.35. The van der Waals surface area contributed by atoms with E-state index >= 15 is 0 Å². The van der Waals surface area contributed by atoms with Crippen LogP contribution in [0.4, 0.5) is 10.8 Å². The number of carbonyl (C=O) groups is 2. The second-order valence-electron chi connectivity index (χ2n) is 7.70. The lowest BCUT2D eigenvalue weighted by Crippen LogP contribution is -2.12. The smallest absolute Gasteiger partial charge is 0.298 e. The van der Waals surface area contributed by atoms with Crippen LogP contribution in [0.5, 0.6) is 0 Å². The number of amides is 1. The number of benzene rings is 2. The molecule has 0 atom stereocenters. The van der Waals surface area contributed by atoms with Crippen LogP contribution in [0.15, 0.2) is 54.6 Å². The number of aromatic nitrogens is 3. The zero-order valence-electron chi connectivity index (χ0n) is 18.7. The number of nitro groups is 1. The molecule has 0 bridgehead atoms. The largest absolute Gasteiger partial charge is 0.312 e. The van der Waals surface area contributed by atoms with Gasteiger partial charge in [0.05, 0.1) is 22.0 Å². The summed E-state index contributed by atoms with van der Waals surface area (Å²) in [5, 5.41) is 18.6. The van der Waals surface area contributed by atoms with Crippen molar-refractivity contribution in [1.82, 2.24) is 14.8 Å². The summed E-state index contributed by atoms with van der Waals surface area (Å²) in [6.07, 6.45) is 0. The molecule has 0 spiro atoms. The molecule has 10 heteroatoms. The molecule has 2 aromatic heterocycles. The van der Waals surface area contributed by atoms with E-state index < -0.39 is 4.92 Å². The highest BCUT2D eigenvalue weighted by molar-refractivity contribution is 7.18. The molecule has 4 rings (SSSR count). The van der Waals surface area contributed by atoms with E-state index in [-0.39, 0.29) is 17.4 Å². The van der Waals surface area contributed by atoms with Crippen LogP contribution >= 0.6 is 11.3 Å². The summed E-state index contributed by atoms with van der Waals surface area (Å²) < 4.78 is 1.58. The Bertz CT molecular complexity index is 1390. The average molecular weight is 476 g/mol. The molecular formula is C24H21N5O4S. The monoisotopic (exact) mass is 475 g/mol. The molecule has 2 heterocycles. The van der Waals surface area contributed by atoms with Gasteiger partial charge in [0.1, 0.15) is 11.4 Å². The number of thiazole rings is 1. The molecule has 1 amide bonds. The van der Waals surface area contributed by atoms with Gasteiger partial charge in [0.2, 0.25) is 0 Å². The van der Waals surface area contributed by atoms with Crippen molar-refractivity contribution in [3.63, 3.8) is 0 Å². The Labute approximate surface area is 199 Å². The number of nitrogens with one attached hydrogen (secondary N) is 1. The van der Waals surface area contributed by atoms with Gasteiger partial charge in [0.25, 0.3) is 5.91 Å². The minimum absolute atomic E-state index is 0.0132. The third-order valence-corrected chi connectivity index (χ3v) is 6.36. The van der Waals surface area contributed by atoms with Gasteiger partial charge in [-0.2, -0.15) is 5.10 Å². The summed E-state index contributed by atoms with van der Waals surface area (Å²) in [6.45, 7) is 5.08. The predicted octanol–water partition coefficient (Wildman–Crippen LogP) is 5.03. The summed E-state index contributed by atoms with van der Waals surface area (Å²) in [7, 11) is 0. The third-order valence-electron chi connectivity index (χ3n) is 5.29. The lowest BCUT2D eigenvalue weighted by Gasteiger charge is -2.06. The van der Waals surface area contributed by atoms with Crippen LogP contribution in [0.1, 0.15) is 43.9 Å². The number of hydrogen-bond acceptors (Lipinski definition) is 7. The summed E-state index contributed by atoms with van der Waals surface area (Å²) in [5.41, 5.74) is 3.46. The van der Waals surface area contributed by atoms with Gasteiger partial charge in [-0.25, -0.2) is 4.98 Å². The number of ketones is 1. The zero-order chi connectivity index (χ0) is 24.4. The van der Waals surface area contributed by atoms with Gasteiger partial charge < -0.3 is 0 Å². The Kier molecular flexibility index (Phi) is 6.33. The van der Waals surface area contributed by atoms with Crippen molar-refractivity contribution in [2.45, 2.75) is 27.3 Å². The highest BCUT2D eigenvalue weighted by Crippen LogP contribution is 2.31. The van der Waals surface area contributed by atoms with Crippen molar-refractivity contribution in [3.8, 4) is 11.3 Å². The molecule has 0 unspecified atom stereocenters. The number of Topliss-reactive ketones (excluding diaryl/α,β-unsaturated/α-hetero) is 1. The van der Waals surface area contributed by atoms with E-state index in [1.807, 2.05) is 30.3 Å². The van der Waals surface area contributed by atoms with Crippen LogP contribution in [0.3, 0.4) is 0 Å². The fraction of sp³-hybridized carbons (Fsp3) is 0.167. The summed E-state index contributed by atoms with van der Waals surface area (Å²) in [6, 6.07) is 16.2. The maximum Gasteiger partial charge on any atom is 0.312 e. The van der Waals surface area contributed by atoms with Gasteiger partial charge in [-0.3, -0.25) is 29.7 Å². The zero-order valence-corrected chi connectivity index (χ0v) is 19.5. The number of nitrogens with zero attached hydrogens (tertiary/aromatic N) is 4. The molecule has 9 nitrogen and oxygen atoms in total. The summed E-state index contributed by atoms with van der Waals surface area (Å²) in [4.78, 5) is 40.6. The molecule has 4 aromatic rings. The first kappa shape index (κ1) is 23.0. The molecule has 172 valence electrons. The van der Waals surface area contributed by atoms with E-state index in [0.717, 1.165) is 22.5 Å². The number of carbonyl (C=O) groups excluding carboxylic acids is 2. The Morgan fingerprint density at radius 2 is 1.76 bits per heavy atom. The number of anilines is 1. The molecule has 0 aliphatic carbocycles. The molecule has 0 aliphatic heterocycles. The van der Waals surface area contributed by atoms with Crippen molar-refractivity contribution >= 4 is 33.8 Å². The van der Waals surface area contributed by atoms with Crippen LogP contribution < -0.4 is 5.32 Å². The topological polar surface area (TPSA) is 120 Å². The molecule has 0 radical (unpaired) electrons. The maximum atomic E-state index is 12.8. The molecule has 0 saturated heterocycles. The van der Waals surface area contributed by atoms with E-state index in [1.54, 1.807) is 42.8 Å². The first-order valence-electron chi connectivity index (χ1n) is 10.4. The Morgan fingerprint density at radius 1 is 1.09 bits per heavy atom. The first-order chi connectivity index (χ1) is 16.2. The van der Waals surface area contributed by atoms with Crippen molar-refractivity contribution in [3.05, 3.63) is 92.1 Å². The Hall–Kier alpha value is -4.18. The summed E-state index contributed by atoms with van der Waals surface area (Å²) in [5.74, 6) is -0.470.